The van der Waals surface area contributed by atoms with Crippen molar-refractivity contribution in [3.63, 3.8) is 0 Å². The first-order valence-corrected chi connectivity index (χ1v) is 9.57. The third-order valence-corrected chi connectivity index (χ3v) is 5.61. The van der Waals surface area contributed by atoms with Gasteiger partial charge in [0.15, 0.2) is 12.4 Å². The third-order valence-electron chi connectivity index (χ3n) is 4.52. The molecule has 0 saturated heterocycles. The largest absolute Gasteiger partial charge is 0.469 e. The molecule has 0 aliphatic carbocycles. The lowest BCUT2D eigenvalue weighted by Crippen LogP contribution is -2.17. The minimum Gasteiger partial charge on any atom is -0.469 e. The molecule has 0 fully saturated rings. The normalized spacial score (nSPS) is 15.5. The number of para-hydroxylation sites is 1. The van der Waals surface area contributed by atoms with E-state index in [0.29, 0.717) is 12.5 Å². The molecule has 1 unspecified atom stereocenters. The summed E-state index contributed by atoms with van der Waals surface area (Å²) < 4.78 is 7.82. The van der Waals surface area contributed by atoms with Crippen molar-refractivity contribution >= 4 is 22.7 Å². The summed E-state index contributed by atoms with van der Waals surface area (Å²) in [6.07, 6.45) is 0. The highest BCUT2D eigenvalue weighted by atomic mass is 32.2. The van der Waals surface area contributed by atoms with Crippen molar-refractivity contribution in [3.05, 3.63) is 77.6 Å². The number of ether oxygens (including phenoxy) is 1. The van der Waals surface area contributed by atoms with Crippen molar-refractivity contribution in [2.24, 2.45) is 0 Å². The molecule has 6 nitrogen and oxygen atoms in total. The predicted octanol–water partition coefficient (Wildman–Crippen LogP) is 4.06. The van der Waals surface area contributed by atoms with Crippen LogP contribution in [0.4, 0.5) is 0 Å². The van der Waals surface area contributed by atoms with E-state index in [1.54, 1.807) is 11.8 Å². The maximum Gasteiger partial charge on any atom is 0.214 e. The zero-order valence-corrected chi connectivity index (χ0v) is 15.5. The Bertz CT molecular complexity index is 1110. The Kier molecular flexibility index (Phi) is 3.94. The molecule has 0 radical (unpaired) electrons. The molecular formula is C20H17N5OS. The van der Waals surface area contributed by atoms with Gasteiger partial charge < -0.3 is 10.2 Å². The molecule has 4 aromatic rings. The standard InChI is InChI=1S/C20H17N5OS/c1-13-11-18(21-16-10-6-5-9-15(13)16)26-12-17-22-23-20-25(17)24-19(27-20)14-7-3-2-4-8-14/h2-11,19,24H,12H2,1H3. The van der Waals surface area contributed by atoms with Crippen molar-refractivity contribution in [2.45, 2.75) is 24.1 Å². The quantitative estimate of drug-likeness (QED) is 0.580. The van der Waals surface area contributed by atoms with Crippen molar-refractivity contribution < 1.29 is 4.74 Å². The Hall–Kier alpha value is -3.06. The highest BCUT2D eigenvalue weighted by Crippen LogP contribution is 2.38. The SMILES string of the molecule is Cc1cc(OCc2nnc3n2NC(c2ccccc2)S3)nc2ccccc12. The van der Waals surface area contributed by atoms with Gasteiger partial charge in [-0.05, 0) is 24.1 Å². The number of pyridine rings is 1. The summed E-state index contributed by atoms with van der Waals surface area (Å²) in [6, 6.07) is 20.3. The Morgan fingerprint density at radius 1 is 1.07 bits per heavy atom. The molecule has 27 heavy (non-hydrogen) atoms. The maximum atomic E-state index is 5.92. The van der Waals surface area contributed by atoms with Crippen LogP contribution in [0, 0.1) is 6.92 Å². The van der Waals surface area contributed by atoms with Gasteiger partial charge in [-0.15, -0.1) is 10.2 Å². The summed E-state index contributed by atoms with van der Waals surface area (Å²) in [4.78, 5) is 4.59. The van der Waals surface area contributed by atoms with Crippen LogP contribution in [0.5, 0.6) is 5.88 Å². The average Bonchev–Trinajstić information content (AvgIpc) is 3.28. The van der Waals surface area contributed by atoms with Gasteiger partial charge in [0.1, 0.15) is 5.37 Å². The minimum atomic E-state index is 0.122. The molecule has 3 heterocycles. The number of nitrogens with one attached hydrogen (secondary N) is 1. The molecule has 5 rings (SSSR count). The predicted molar refractivity (Wildman–Crippen MR) is 105 cm³/mol. The van der Waals surface area contributed by atoms with E-state index in [4.69, 9.17) is 4.74 Å². The lowest BCUT2D eigenvalue weighted by Gasteiger charge is -2.12. The third kappa shape index (κ3) is 3.00. The molecule has 1 atom stereocenters. The van der Waals surface area contributed by atoms with Gasteiger partial charge in [-0.25, -0.2) is 9.66 Å². The smallest absolute Gasteiger partial charge is 0.214 e. The number of aromatic nitrogens is 4. The molecule has 1 N–H and O–H groups in total. The lowest BCUT2D eigenvalue weighted by molar-refractivity contribution is 0.280. The summed E-state index contributed by atoms with van der Waals surface area (Å²) >= 11 is 1.64. The fourth-order valence-electron chi connectivity index (χ4n) is 3.15. The minimum absolute atomic E-state index is 0.122. The summed E-state index contributed by atoms with van der Waals surface area (Å²) in [5, 5.41) is 10.6. The molecule has 0 saturated carbocycles. The summed E-state index contributed by atoms with van der Waals surface area (Å²) in [5.74, 6) is 1.32. The molecule has 0 bridgehead atoms. The Balaban J connectivity index is 1.34. The second-order valence-corrected chi connectivity index (χ2v) is 7.43. The van der Waals surface area contributed by atoms with Crippen LogP contribution < -0.4 is 10.2 Å². The zero-order valence-electron chi connectivity index (χ0n) is 14.7. The van der Waals surface area contributed by atoms with Gasteiger partial charge in [0.2, 0.25) is 11.0 Å². The molecule has 1 aliphatic rings. The highest BCUT2D eigenvalue weighted by molar-refractivity contribution is 7.99. The van der Waals surface area contributed by atoms with Crippen LogP contribution in [-0.4, -0.2) is 19.9 Å². The van der Waals surface area contributed by atoms with Crippen LogP contribution in [0.1, 0.15) is 22.3 Å². The maximum absolute atomic E-state index is 5.92. The average molecular weight is 375 g/mol. The van der Waals surface area contributed by atoms with Gasteiger partial charge in [0.05, 0.1) is 5.52 Å². The number of rotatable bonds is 4. The molecule has 134 valence electrons. The summed E-state index contributed by atoms with van der Waals surface area (Å²) in [6.45, 7) is 2.36. The number of nitrogens with zero attached hydrogens (tertiary/aromatic N) is 4. The monoisotopic (exact) mass is 375 g/mol. The van der Waals surface area contributed by atoms with Crippen LogP contribution in [0.25, 0.3) is 10.9 Å². The van der Waals surface area contributed by atoms with E-state index in [1.165, 1.54) is 5.56 Å². The molecule has 0 spiro atoms. The van der Waals surface area contributed by atoms with Crippen LogP contribution in [0.3, 0.4) is 0 Å². The van der Waals surface area contributed by atoms with Crippen LogP contribution in [0.15, 0.2) is 65.8 Å². The van der Waals surface area contributed by atoms with E-state index in [0.717, 1.165) is 27.4 Å². The van der Waals surface area contributed by atoms with E-state index >= 15 is 0 Å². The number of hydrogen-bond acceptors (Lipinski definition) is 6. The van der Waals surface area contributed by atoms with Crippen molar-refractivity contribution in [1.82, 2.24) is 19.9 Å². The number of thioether (sulfide) groups is 1. The van der Waals surface area contributed by atoms with E-state index in [2.05, 4.69) is 45.7 Å². The highest BCUT2D eigenvalue weighted by Gasteiger charge is 2.27. The van der Waals surface area contributed by atoms with Crippen LogP contribution >= 0.6 is 11.8 Å². The fourth-order valence-corrected chi connectivity index (χ4v) is 4.16. The van der Waals surface area contributed by atoms with Crippen LogP contribution in [-0.2, 0) is 6.61 Å². The Morgan fingerprint density at radius 3 is 2.78 bits per heavy atom. The van der Waals surface area contributed by atoms with Crippen molar-refractivity contribution in [1.29, 1.82) is 0 Å². The molecule has 0 amide bonds. The molecular weight excluding hydrogens is 358 g/mol. The first-order valence-electron chi connectivity index (χ1n) is 8.69. The van der Waals surface area contributed by atoms with Gasteiger partial charge in [-0.1, -0.05) is 60.3 Å². The van der Waals surface area contributed by atoms with Gasteiger partial charge in [0.25, 0.3) is 0 Å². The molecule has 2 aromatic carbocycles. The summed E-state index contributed by atoms with van der Waals surface area (Å²) in [7, 11) is 0. The van der Waals surface area contributed by atoms with Crippen molar-refractivity contribution in [3.8, 4) is 5.88 Å². The first kappa shape index (κ1) is 16.1. The Labute approximate surface area is 160 Å². The van der Waals surface area contributed by atoms with E-state index in [-0.39, 0.29) is 5.37 Å². The number of fused-ring (bicyclic) bond motifs is 2. The van der Waals surface area contributed by atoms with E-state index in [9.17, 15) is 0 Å². The topological polar surface area (TPSA) is 64.9 Å². The van der Waals surface area contributed by atoms with Gasteiger partial charge in [0, 0.05) is 11.5 Å². The fraction of sp³-hybridized carbons (Fsp3) is 0.150. The molecule has 7 heteroatoms. The van der Waals surface area contributed by atoms with Crippen LogP contribution in [0.2, 0.25) is 0 Å². The van der Waals surface area contributed by atoms with Gasteiger partial charge >= 0.3 is 0 Å². The number of hydrogen-bond donors (Lipinski definition) is 1. The lowest BCUT2D eigenvalue weighted by atomic mass is 10.1. The second-order valence-electron chi connectivity index (χ2n) is 6.36. The number of benzene rings is 2. The summed E-state index contributed by atoms with van der Waals surface area (Å²) in [5.41, 5.74) is 6.70. The number of aryl methyl sites for hydroxylation is 1. The molecule has 1 aliphatic heterocycles. The zero-order chi connectivity index (χ0) is 18.2. The second kappa shape index (κ2) is 6.59. The van der Waals surface area contributed by atoms with Gasteiger partial charge in [-0.3, -0.25) is 0 Å². The molecule has 2 aromatic heterocycles. The van der Waals surface area contributed by atoms with Gasteiger partial charge in [-0.2, -0.15) is 0 Å². The van der Waals surface area contributed by atoms with E-state index < -0.39 is 0 Å². The van der Waals surface area contributed by atoms with Crippen molar-refractivity contribution in [2.75, 3.05) is 5.43 Å². The first-order chi connectivity index (χ1) is 13.3. The van der Waals surface area contributed by atoms with E-state index in [1.807, 2.05) is 47.1 Å². The Morgan fingerprint density at radius 2 is 1.89 bits per heavy atom.